The Bertz CT molecular complexity index is 2380. The number of para-hydroxylation sites is 1. The molecule has 10 rings (SSSR count). The third-order valence-corrected chi connectivity index (χ3v) is 20.2. The van der Waals surface area contributed by atoms with E-state index in [1.54, 1.807) is 13.8 Å². The van der Waals surface area contributed by atoms with Crippen LogP contribution in [0.25, 0.3) is 0 Å². The van der Waals surface area contributed by atoms with Crippen molar-refractivity contribution in [3.05, 3.63) is 65.2 Å². The highest BCUT2D eigenvalue weighted by atomic mass is 16.7. The second-order valence-electron chi connectivity index (χ2n) is 35.2. The number of nitrogens with zero attached hydrogens (tertiary/aromatic N) is 7. The van der Waals surface area contributed by atoms with Crippen molar-refractivity contribution in [3.8, 4) is 0 Å². The number of carbonyl (C=O) groups excluding carboxylic acids is 2. The molecule has 0 saturated carbocycles. The number of hydrogen-bond donors (Lipinski definition) is 0. The lowest BCUT2D eigenvalue weighted by molar-refractivity contribution is -0.190. The van der Waals surface area contributed by atoms with E-state index >= 15 is 0 Å². The molecule has 4 atom stereocenters. The van der Waals surface area contributed by atoms with Crippen molar-refractivity contribution in [2.24, 2.45) is 17.8 Å². The minimum atomic E-state index is -0.220. The SMILES string of the molecule is CC(=O)C1CCCCN1C(C)(C)C.CC(=O)C1CCCN(C(C)(C)C)C1.CC(C)(C)N1CCC2(CC1)OCCO2.CC(C)(C)N1CCCCC1.CC(C)(C)N1CCCc2ccccc21.CC(C)(C)N1CCc2ccccc2C1.CC1CC(C)CN(C(C)(C)C)C1. The average molecular weight is 1260 g/mol. The summed E-state index contributed by atoms with van der Waals surface area (Å²) in [6.07, 6.45) is 17.2. The number of likely N-dealkylation sites (tertiary alicyclic amines) is 5. The molecule has 0 radical (unpaired) electrons. The van der Waals surface area contributed by atoms with Gasteiger partial charge in [-0.2, -0.15) is 0 Å². The number of hydrogen-bond acceptors (Lipinski definition) is 11. The van der Waals surface area contributed by atoms with Gasteiger partial charge in [-0.3, -0.25) is 39.0 Å². The predicted molar refractivity (Wildman–Crippen MR) is 386 cm³/mol. The van der Waals surface area contributed by atoms with E-state index in [1.165, 1.54) is 126 Å². The molecule has 2 aromatic rings. The van der Waals surface area contributed by atoms with E-state index < -0.39 is 0 Å². The van der Waals surface area contributed by atoms with Gasteiger partial charge in [0.15, 0.2) is 5.79 Å². The molecule has 4 unspecified atom stereocenters. The van der Waals surface area contributed by atoms with Crippen molar-refractivity contribution in [2.75, 3.05) is 90.1 Å². The molecule has 11 heteroatoms. The van der Waals surface area contributed by atoms with Gasteiger partial charge in [0, 0.05) is 116 Å². The summed E-state index contributed by atoms with van der Waals surface area (Å²) in [6, 6.07) is 17.8. The average Bonchev–Trinajstić information content (AvgIpc) is 1.33. The van der Waals surface area contributed by atoms with Gasteiger partial charge in [-0.15, -0.1) is 0 Å². The summed E-state index contributed by atoms with van der Waals surface area (Å²) >= 11 is 0. The van der Waals surface area contributed by atoms with Crippen molar-refractivity contribution in [2.45, 2.75) is 320 Å². The first kappa shape index (κ1) is 79.7. The molecule has 2 aromatic carbocycles. The Morgan fingerprint density at radius 2 is 0.900 bits per heavy atom. The summed E-state index contributed by atoms with van der Waals surface area (Å²) in [7, 11) is 0. The number of aryl methyl sites for hydroxylation is 1. The van der Waals surface area contributed by atoms with Crippen molar-refractivity contribution in [3.63, 3.8) is 0 Å². The number of ether oxygens (including phenoxy) is 2. The van der Waals surface area contributed by atoms with Gasteiger partial charge in [-0.1, -0.05) is 69.2 Å². The quantitative estimate of drug-likeness (QED) is 0.289. The van der Waals surface area contributed by atoms with E-state index in [9.17, 15) is 9.59 Å². The van der Waals surface area contributed by atoms with E-state index in [0.29, 0.717) is 28.2 Å². The number of piperidine rings is 5. The van der Waals surface area contributed by atoms with Gasteiger partial charge in [-0.05, 0) is 284 Å². The van der Waals surface area contributed by atoms with Crippen molar-refractivity contribution in [1.29, 1.82) is 0 Å². The molecule has 8 heterocycles. The molecule has 90 heavy (non-hydrogen) atoms. The Kier molecular flexibility index (Phi) is 30.8. The fourth-order valence-electron chi connectivity index (χ4n) is 14.5. The summed E-state index contributed by atoms with van der Waals surface area (Å²) in [5.41, 5.74) is 7.93. The van der Waals surface area contributed by atoms with Crippen LogP contribution in [-0.4, -0.2) is 177 Å². The van der Waals surface area contributed by atoms with Crippen LogP contribution in [0.2, 0.25) is 0 Å². The highest BCUT2D eigenvalue weighted by Crippen LogP contribution is 2.35. The molecule has 1 spiro atoms. The Labute approximate surface area is 556 Å². The Morgan fingerprint density at radius 3 is 1.37 bits per heavy atom. The molecule has 0 amide bonds. The number of rotatable bonds is 2. The topological polar surface area (TPSA) is 75.3 Å². The molecule has 0 aliphatic carbocycles. The number of benzene rings is 2. The van der Waals surface area contributed by atoms with Crippen LogP contribution in [0.15, 0.2) is 48.5 Å². The van der Waals surface area contributed by atoms with E-state index in [1.807, 2.05) is 0 Å². The molecule has 6 fully saturated rings. The second kappa shape index (κ2) is 34.8. The smallest absolute Gasteiger partial charge is 0.170 e. The van der Waals surface area contributed by atoms with Crippen LogP contribution in [0.5, 0.6) is 0 Å². The summed E-state index contributed by atoms with van der Waals surface area (Å²) in [6.45, 7) is 71.4. The summed E-state index contributed by atoms with van der Waals surface area (Å²) in [5.74, 6) is 2.51. The van der Waals surface area contributed by atoms with Gasteiger partial charge in [0.05, 0.1) is 19.3 Å². The molecule has 0 N–H and O–H groups in total. The monoisotopic (exact) mass is 1250 g/mol. The molecule has 518 valence electrons. The van der Waals surface area contributed by atoms with Gasteiger partial charge >= 0.3 is 0 Å². The van der Waals surface area contributed by atoms with Crippen molar-refractivity contribution in [1.82, 2.24) is 29.4 Å². The predicted octanol–water partition coefficient (Wildman–Crippen LogP) is 17.1. The van der Waals surface area contributed by atoms with Crippen molar-refractivity contribution >= 4 is 17.3 Å². The highest BCUT2D eigenvalue weighted by molar-refractivity contribution is 5.81. The molecular formula is C79H143N7O4. The minimum absolute atomic E-state index is 0.136. The maximum absolute atomic E-state index is 11.4. The third-order valence-electron chi connectivity index (χ3n) is 20.2. The van der Waals surface area contributed by atoms with Crippen molar-refractivity contribution < 1.29 is 19.1 Å². The summed E-state index contributed by atoms with van der Waals surface area (Å²) in [4.78, 5) is 40.2. The van der Waals surface area contributed by atoms with E-state index in [-0.39, 0.29) is 39.9 Å². The first-order valence-electron chi connectivity index (χ1n) is 36.2. The molecule has 8 aliphatic heterocycles. The molecule has 0 aromatic heterocycles. The molecule has 6 saturated heterocycles. The zero-order chi connectivity index (χ0) is 67.7. The zero-order valence-corrected chi connectivity index (χ0v) is 63.5. The van der Waals surface area contributed by atoms with Gasteiger partial charge in [0.25, 0.3) is 0 Å². The molecule has 0 bridgehead atoms. The second-order valence-corrected chi connectivity index (χ2v) is 35.2. The van der Waals surface area contributed by atoms with Gasteiger partial charge in [0.1, 0.15) is 11.6 Å². The maximum Gasteiger partial charge on any atom is 0.170 e. The summed E-state index contributed by atoms with van der Waals surface area (Å²) in [5, 5.41) is 0. The van der Waals surface area contributed by atoms with Crippen LogP contribution in [0, 0.1) is 17.8 Å². The highest BCUT2D eigenvalue weighted by Gasteiger charge is 2.42. The Morgan fingerprint density at radius 1 is 0.422 bits per heavy atom. The largest absolute Gasteiger partial charge is 0.366 e. The van der Waals surface area contributed by atoms with Gasteiger partial charge in [-0.25, -0.2) is 0 Å². The van der Waals surface area contributed by atoms with Gasteiger partial charge in [0.2, 0.25) is 0 Å². The molecular weight excluding hydrogens is 1110 g/mol. The number of ketones is 2. The lowest BCUT2D eigenvalue weighted by atomic mass is 9.88. The van der Waals surface area contributed by atoms with E-state index in [2.05, 4.69) is 242 Å². The lowest BCUT2D eigenvalue weighted by Crippen LogP contribution is -2.53. The molecule has 8 aliphatic rings. The van der Waals surface area contributed by atoms with Crippen LogP contribution < -0.4 is 4.90 Å². The molecule has 11 nitrogen and oxygen atoms in total. The lowest BCUT2D eigenvalue weighted by Gasteiger charge is -2.43. The standard InChI is InChI=1S/2C13H19N.C11H21NO2.2C11H21NO.C11H23N.C9H19N/c1-13(2,3)14-10-6-8-11-7-4-5-9-12(11)14;1-13(2,3)14-9-8-11-6-4-5-7-12(11)10-14;1-10(2,3)12-6-4-11(5-7-12)13-8-9-14-11;1-9(13)10-6-5-7-12(8-10)11(2,3)4;1-9(13)10-7-5-6-8-12(10)11(2,3)4;1-9-6-10(2)8-12(7-9)11(3,4)5;1-9(2,3)10-7-5-4-6-8-10/h4-5,7,9H,6,8,10H2,1-3H3;4-7H,8-10H2,1-3H3;4-9H2,1-3H3;2*10H,5-8H2,1-4H3;9-10H,6-8H2,1-5H3;4-8H2,1-3H3. The maximum atomic E-state index is 11.4. The number of Topliss-reactive ketones (excluding diaryl/α,β-unsaturated/α-hetero) is 2. The van der Waals surface area contributed by atoms with Crippen LogP contribution in [0.4, 0.5) is 5.69 Å². The number of fused-ring (bicyclic) bond motifs is 2. The number of anilines is 1. The Hall–Kier alpha value is -2.74. The normalized spacial score (nSPS) is 24.4. The van der Waals surface area contributed by atoms with E-state index in [4.69, 9.17) is 9.47 Å². The van der Waals surface area contributed by atoms with Gasteiger partial charge < -0.3 is 14.4 Å². The minimum Gasteiger partial charge on any atom is -0.366 e. The van der Waals surface area contributed by atoms with Crippen LogP contribution in [0.1, 0.15) is 267 Å². The summed E-state index contributed by atoms with van der Waals surface area (Å²) < 4.78 is 11.4. The first-order chi connectivity index (χ1) is 41.5. The zero-order valence-electron chi connectivity index (χ0n) is 63.5. The van der Waals surface area contributed by atoms with Crippen LogP contribution >= 0.6 is 0 Å². The fourth-order valence-corrected chi connectivity index (χ4v) is 14.5. The van der Waals surface area contributed by atoms with E-state index in [0.717, 1.165) is 90.0 Å². The Balaban J connectivity index is 0.000000225. The van der Waals surface area contributed by atoms with Crippen LogP contribution in [0.3, 0.4) is 0 Å². The van der Waals surface area contributed by atoms with Crippen LogP contribution in [-0.2, 0) is 38.4 Å². The fraction of sp³-hybridized carbons (Fsp3) is 0.823. The third kappa shape index (κ3) is 26.8. The number of carbonyl (C=O) groups is 2. The first-order valence-corrected chi connectivity index (χ1v) is 36.2.